The Bertz CT molecular complexity index is 1240. The van der Waals surface area contributed by atoms with Gasteiger partial charge < -0.3 is 9.47 Å². The van der Waals surface area contributed by atoms with Crippen LogP contribution >= 0.6 is 10.5 Å². The number of halogens is 3. The lowest BCUT2D eigenvalue weighted by atomic mass is 10.2. The van der Waals surface area contributed by atoms with Gasteiger partial charge in [0.25, 0.3) is 0 Å². The number of thiophene rings is 1. The topological polar surface area (TPSA) is 52.6 Å². The van der Waals surface area contributed by atoms with Gasteiger partial charge in [-0.25, -0.2) is 9.59 Å². The highest BCUT2D eigenvalue weighted by Gasteiger charge is 2.39. The number of hydrogen-bond donors (Lipinski definition) is 0. The fourth-order valence-electron chi connectivity index (χ4n) is 3.34. The highest BCUT2D eigenvalue weighted by molar-refractivity contribution is 7.50. The van der Waals surface area contributed by atoms with Gasteiger partial charge in [0.2, 0.25) is 0 Å². The average Bonchev–Trinajstić information content (AvgIpc) is 3.11. The van der Waals surface area contributed by atoms with Crippen LogP contribution in [0.4, 0.5) is 13.2 Å². The lowest BCUT2D eigenvalue weighted by molar-refractivity contribution is -0.217. The Labute approximate surface area is 184 Å². The largest absolute Gasteiger partial charge is 0.450 e. The van der Waals surface area contributed by atoms with Crippen molar-refractivity contribution in [2.45, 2.75) is 19.2 Å². The van der Waals surface area contributed by atoms with Gasteiger partial charge in [-0.05, 0) is 55.5 Å². The van der Waals surface area contributed by atoms with E-state index in [1.165, 1.54) is 20.2 Å². The molecule has 0 aliphatic rings. The predicted molar refractivity (Wildman–Crippen MR) is 117 cm³/mol. The van der Waals surface area contributed by atoms with Crippen molar-refractivity contribution in [2.24, 2.45) is 0 Å². The van der Waals surface area contributed by atoms with E-state index in [1.54, 1.807) is 12.1 Å². The van der Waals surface area contributed by atoms with Gasteiger partial charge in [-0.3, -0.25) is 0 Å². The molecule has 1 unspecified atom stereocenters. The molecule has 32 heavy (non-hydrogen) atoms. The zero-order chi connectivity index (χ0) is 22.9. The molecule has 0 aliphatic carbocycles. The molecule has 3 aromatic carbocycles. The smallest absolute Gasteiger partial charge is 0.425 e. The minimum atomic E-state index is -4.67. The minimum Gasteiger partial charge on any atom is -0.450 e. The van der Waals surface area contributed by atoms with E-state index in [-0.39, 0.29) is 16.0 Å². The Morgan fingerprint density at radius 3 is 1.94 bits per heavy atom. The van der Waals surface area contributed by atoms with Crippen molar-refractivity contribution in [1.29, 1.82) is 0 Å². The molecule has 0 bridgehead atoms. The summed E-state index contributed by atoms with van der Waals surface area (Å²) in [6.07, 6.45) is -6.94. The first kappa shape index (κ1) is 21.8. The number of benzene rings is 3. The SMILES string of the molecule is CC(OC(=O)COC(=O)c1ccc(-[s+]2c3ccccc3c3ccccc32)cc1)C(F)(F)F. The summed E-state index contributed by atoms with van der Waals surface area (Å²) >= 11 is 0. The van der Waals surface area contributed by atoms with E-state index in [2.05, 4.69) is 29.0 Å². The fraction of sp³-hybridized carbons (Fsp3) is 0.167. The number of carbonyl (C=O) groups is 2. The highest BCUT2D eigenvalue weighted by Crippen LogP contribution is 2.48. The average molecular weight is 459 g/mol. The predicted octanol–water partition coefficient (Wildman–Crippen LogP) is 6.38. The molecule has 0 aliphatic heterocycles. The molecule has 8 heteroatoms. The Kier molecular flexibility index (Phi) is 5.88. The van der Waals surface area contributed by atoms with Crippen LogP contribution in [-0.2, 0) is 14.3 Å². The summed E-state index contributed by atoms with van der Waals surface area (Å²) in [5, 5.41) is 2.36. The number of rotatable bonds is 5. The van der Waals surface area contributed by atoms with Gasteiger partial charge in [0.15, 0.2) is 27.0 Å². The maximum atomic E-state index is 12.4. The second kappa shape index (κ2) is 8.63. The molecule has 1 heterocycles. The monoisotopic (exact) mass is 459 g/mol. The van der Waals surface area contributed by atoms with Crippen molar-refractivity contribution in [3.8, 4) is 4.90 Å². The second-order valence-electron chi connectivity index (χ2n) is 7.07. The lowest BCUT2D eigenvalue weighted by Crippen LogP contribution is -2.32. The normalized spacial score (nSPS) is 12.6. The number of alkyl halides is 3. The molecule has 4 aromatic rings. The van der Waals surface area contributed by atoms with Crippen LogP contribution in [0.5, 0.6) is 0 Å². The van der Waals surface area contributed by atoms with Crippen LogP contribution in [0, 0.1) is 0 Å². The van der Waals surface area contributed by atoms with E-state index in [0.717, 1.165) is 4.90 Å². The summed E-state index contributed by atoms with van der Waals surface area (Å²) in [6.45, 7) is -0.190. The van der Waals surface area contributed by atoms with Crippen LogP contribution in [-0.4, -0.2) is 30.8 Å². The summed E-state index contributed by atoms with van der Waals surface area (Å²) in [6, 6.07) is 23.2. The molecule has 0 radical (unpaired) electrons. The van der Waals surface area contributed by atoms with E-state index in [1.807, 2.05) is 36.4 Å². The van der Waals surface area contributed by atoms with Crippen molar-refractivity contribution in [3.63, 3.8) is 0 Å². The molecule has 164 valence electrons. The summed E-state index contributed by atoms with van der Waals surface area (Å²) in [5.74, 6) is -2.08. The molecule has 0 saturated carbocycles. The van der Waals surface area contributed by atoms with Gasteiger partial charge in [-0.15, -0.1) is 0 Å². The van der Waals surface area contributed by atoms with E-state index in [9.17, 15) is 22.8 Å². The Morgan fingerprint density at radius 2 is 1.41 bits per heavy atom. The summed E-state index contributed by atoms with van der Waals surface area (Å²) in [5.41, 5.74) is 0.190. The molecule has 4 nitrogen and oxygen atoms in total. The van der Waals surface area contributed by atoms with E-state index in [0.29, 0.717) is 6.92 Å². The zero-order valence-electron chi connectivity index (χ0n) is 16.9. The van der Waals surface area contributed by atoms with E-state index >= 15 is 0 Å². The number of ether oxygens (including phenoxy) is 2. The zero-order valence-corrected chi connectivity index (χ0v) is 17.7. The quantitative estimate of drug-likeness (QED) is 0.257. The summed E-state index contributed by atoms with van der Waals surface area (Å²) in [7, 11) is -0.321. The Balaban J connectivity index is 1.52. The van der Waals surface area contributed by atoms with Gasteiger partial charge in [0.05, 0.1) is 5.56 Å². The first-order valence-corrected chi connectivity index (χ1v) is 10.9. The fourth-order valence-corrected chi connectivity index (χ4v) is 5.72. The summed E-state index contributed by atoms with van der Waals surface area (Å²) < 4.78 is 48.7. The molecule has 0 fully saturated rings. The third-order valence-corrected chi connectivity index (χ3v) is 7.26. The van der Waals surface area contributed by atoms with Crippen LogP contribution < -0.4 is 0 Å². The first-order chi connectivity index (χ1) is 15.3. The lowest BCUT2D eigenvalue weighted by Gasteiger charge is -2.16. The van der Waals surface area contributed by atoms with Gasteiger partial charge in [0, 0.05) is 21.2 Å². The van der Waals surface area contributed by atoms with Gasteiger partial charge >= 0.3 is 18.1 Å². The standard InChI is InChI=1S/C24H18F3O4S/c1-15(24(25,26)27)31-22(28)14-30-23(29)16-10-12-17(13-11-16)32-20-8-4-2-6-18(20)19-7-3-5-9-21(19)32/h2-13,15H,14H2,1H3/q+1. The Hall–Kier alpha value is -3.39. The van der Waals surface area contributed by atoms with Crippen molar-refractivity contribution in [1.82, 2.24) is 0 Å². The van der Waals surface area contributed by atoms with Gasteiger partial charge in [-0.1, -0.05) is 24.3 Å². The molecule has 0 saturated heterocycles. The Morgan fingerprint density at radius 1 is 0.875 bits per heavy atom. The maximum Gasteiger partial charge on any atom is 0.425 e. The highest BCUT2D eigenvalue weighted by atomic mass is 32.2. The van der Waals surface area contributed by atoms with Gasteiger partial charge in [0.1, 0.15) is 0 Å². The summed E-state index contributed by atoms with van der Waals surface area (Å²) in [4.78, 5) is 24.7. The van der Waals surface area contributed by atoms with Crippen LogP contribution in [0.15, 0.2) is 72.8 Å². The van der Waals surface area contributed by atoms with Crippen LogP contribution in [0.3, 0.4) is 0 Å². The van der Waals surface area contributed by atoms with Crippen molar-refractivity contribution >= 4 is 42.6 Å². The molecular formula is C24H18F3O4S+. The molecular weight excluding hydrogens is 441 g/mol. The van der Waals surface area contributed by atoms with Crippen molar-refractivity contribution < 1.29 is 32.2 Å². The van der Waals surface area contributed by atoms with Crippen LogP contribution in [0.2, 0.25) is 0 Å². The number of hydrogen-bond acceptors (Lipinski definition) is 4. The molecule has 4 rings (SSSR count). The third kappa shape index (κ3) is 4.31. The van der Waals surface area contributed by atoms with Gasteiger partial charge in [-0.2, -0.15) is 13.2 Å². The minimum absolute atomic E-state index is 0.190. The maximum absolute atomic E-state index is 12.4. The van der Waals surface area contributed by atoms with Crippen LogP contribution in [0.25, 0.3) is 25.1 Å². The molecule has 1 aromatic heterocycles. The molecule has 0 N–H and O–H groups in total. The first-order valence-electron chi connectivity index (χ1n) is 9.72. The molecule has 1 atom stereocenters. The number of fused-ring (bicyclic) bond motifs is 3. The van der Waals surface area contributed by atoms with Crippen molar-refractivity contribution in [2.75, 3.05) is 6.61 Å². The van der Waals surface area contributed by atoms with E-state index in [4.69, 9.17) is 4.74 Å². The van der Waals surface area contributed by atoms with Crippen LogP contribution in [0.1, 0.15) is 17.3 Å². The molecule has 0 spiro atoms. The third-order valence-electron chi connectivity index (χ3n) is 4.92. The number of carbonyl (C=O) groups excluding carboxylic acids is 2. The van der Waals surface area contributed by atoms with E-state index < -0.39 is 30.8 Å². The van der Waals surface area contributed by atoms with Crippen molar-refractivity contribution in [3.05, 3.63) is 78.4 Å². The number of esters is 2. The molecule has 0 amide bonds. The second-order valence-corrected chi connectivity index (χ2v) is 9.04.